The van der Waals surface area contributed by atoms with E-state index in [2.05, 4.69) is 5.16 Å². The van der Waals surface area contributed by atoms with Crippen LogP contribution in [0.5, 0.6) is 0 Å². The lowest BCUT2D eigenvalue weighted by atomic mass is 9.87. The molecule has 1 aliphatic carbocycles. The average molecular weight is 236 g/mol. The minimum absolute atomic E-state index is 0.590. The third-order valence-corrected chi connectivity index (χ3v) is 4.67. The summed E-state index contributed by atoms with van der Waals surface area (Å²) in [5.74, 6) is 0.590. The number of nitrogens with zero attached hydrogens (tertiary/aromatic N) is 1. The predicted molar refractivity (Wildman–Crippen MR) is 66.9 cm³/mol. The Balaban J connectivity index is 2.06. The van der Waals surface area contributed by atoms with Crippen LogP contribution in [0.25, 0.3) is 10.3 Å². The van der Waals surface area contributed by atoms with E-state index in [1.165, 1.54) is 36.8 Å². The van der Waals surface area contributed by atoms with E-state index in [-0.39, 0.29) is 0 Å². The molecular weight excluding hydrogens is 220 g/mol. The van der Waals surface area contributed by atoms with Crippen LogP contribution in [0, 0.1) is 6.92 Å². The van der Waals surface area contributed by atoms with Crippen molar-refractivity contribution in [1.82, 2.24) is 5.16 Å². The van der Waals surface area contributed by atoms with Gasteiger partial charge in [0.2, 0.25) is 5.58 Å². The lowest BCUT2D eigenvalue weighted by Gasteiger charge is -2.18. The molecule has 86 valence electrons. The van der Waals surface area contributed by atoms with Crippen molar-refractivity contribution in [1.29, 1.82) is 0 Å². The third-order valence-electron chi connectivity index (χ3n) is 3.55. The fourth-order valence-corrected chi connectivity index (χ4v) is 3.63. The summed E-state index contributed by atoms with van der Waals surface area (Å²) >= 11 is 1.72. The molecule has 0 bridgehead atoms. The molecule has 0 saturated heterocycles. The number of thiophene rings is 1. The zero-order valence-corrected chi connectivity index (χ0v) is 10.3. The van der Waals surface area contributed by atoms with E-state index in [0.717, 1.165) is 21.8 Å². The van der Waals surface area contributed by atoms with Crippen molar-refractivity contribution in [2.45, 2.75) is 44.9 Å². The van der Waals surface area contributed by atoms with Crippen LogP contribution in [0.2, 0.25) is 0 Å². The molecule has 0 unspecified atom stereocenters. The molecule has 0 amide bonds. The number of hydrogen-bond donors (Lipinski definition) is 1. The molecule has 1 fully saturated rings. The largest absolute Gasteiger partial charge is 0.395 e. The van der Waals surface area contributed by atoms with Crippen LogP contribution in [0.4, 0.5) is 5.69 Å². The fourth-order valence-electron chi connectivity index (χ4n) is 2.57. The van der Waals surface area contributed by atoms with Gasteiger partial charge in [-0.25, -0.2) is 0 Å². The van der Waals surface area contributed by atoms with E-state index in [9.17, 15) is 0 Å². The Morgan fingerprint density at radius 2 is 2.06 bits per heavy atom. The van der Waals surface area contributed by atoms with E-state index in [0.29, 0.717) is 5.92 Å². The molecule has 2 aromatic heterocycles. The second-order valence-electron chi connectivity index (χ2n) is 4.63. The molecule has 3 rings (SSSR count). The van der Waals surface area contributed by atoms with E-state index in [1.807, 2.05) is 6.92 Å². The highest BCUT2D eigenvalue weighted by molar-refractivity contribution is 7.19. The molecule has 2 aromatic rings. The van der Waals surface area contributed by atoms with Gasteiger partial charge >= 0.3 is 0 Å². The molecule has 0 atom stereocenters. The van der Waals surface area contributed by atoms with Gasteiger partial charge in [0.1, 0.15) is 10.4 Å². The zero-order valence-electron chi connectivity index (χ0n) is 9.45. The maximum absolute atomic E-state index is 5.96. The number of fused-ring (bicyclic) bond motifs is 1. The molecule has 0 radical (unpaired) electrons. The van der Waals surface area contributed by atoms with Gasteiger partial charge in [-0.3, -0.25) is 0 Å². The number of hydrogen-bond acceptors (Lipinski definition) is 4. The van der Waals surface area contributed by atoms with Crippen molar-refractivity contribution in [2.24, 2.45) is 0 Å². The summed E-state index contributed by atoms with van der Waals surface area (Å²) in [4.78, 5) is 1.15. The van der Waals surface area contributed by atoms with Crippen LogP contribution in [-0.2, 0) is 0 Å². The van der Waals surface area contributed by atoms with Crippen molar-refractivity contribution in [3.63, 3.8) is 0 Å². The number of rotatable bonds is 1. The van der Waals surface area contributed by atoms with Gasteiger partial charge in [0, 0.05) is 10.8 Å². The van der Waals surface area contributed by atoms with Gasteiger partial charge < -0.3 is 10.3 Å². The Labute approximate surface area is 98.6 Å². The lowest BCUT2D eigenvalue weighted by Crippen LogP contribution is -2.04. The first-order valence-electron chi connectivity index (χ1n) is 5.91. The Morgan fingerprint density at radius 1 is 1.31 bits per heavy atom. The number of nitrogens with two attached hydrogens (primary N) is 1. The van der Waals surface area contributed by atoms with Gasteiger partial charge in [-0.1, -0.05) is 24.4 Å². The van der Waals surface area contributed by atoms with E-state index in [4.69, 9.17) is 10.3 Å². The molecule has 0 aromatic carbocycles. The van der Waals surface area contributed by atoms with Gasteiger partial charge in [0.25, 0.3) is 0 Å². The Morgan fingerprint density at radius 3 is 2.81 bits per heavy atom. The first-order chi connectivity index (χ1) is 7.77. The van der Waals surface area contributed by atoms with Crippen LogP contribution in [0.1, 0.15) is 48.6 Å². The van der Waals surface area contributed by atoms with Crippen molar-refractivity contribution in [2.75, 3.05) is 5.73 Å². The van der Waals surface area contributed by atoms with E-state index >= 15 is 0 Å². The van der Waals surface area contributed by atoms with Crippen molar-refractivity contribution < 1.29 is 4.52 Å². The van der Waals surface area contributed by atoms with Crippen LogP contribution in [0.15, 0.2) is 4.52 Å². The summed E-state index contributed by atoms with van der Waals surface area (Å²) in [6.07, 6.45) is 6.50. The van der Waals surface area contributed by atoms with Gasteiger partial charge in [-0.05, 0) is 19.8 Å². The molecule has 4 heteroatoms. The Kier molecular flexibility index (Phi) is 2.39. The zero-order chi connectivity index (χ0) is 11.1. The highest BCUT2D eigenvalue weighted by Gasteiger charge is 2.24. The minimum atomic E-state index is 0.590. The van der Waals surface area contributed by atoms with Crippen molar-refractivity contribution in [3.05, 3.63) is 10.6 Å². The van der Waals surface area contributed by atoms with Gasteiger partial charge in [0.05, 0.1) is 5.69 Å². The van der Waals surface area contributed by atoms with Crippen LogP contribution >= 0.6 is 11.3 Å². The number of nitrogen functional groups attached to an aromatic ring is 1. The second kappa shape index (κ2) is 3.77. The Hall–Kier alpha value is -1.03. The quantitative estimate of drug-likeness (QED) is 0.818. The standard InChI is InChI=1S/C12H16N2OS/c1-7-9(13)11-12(16-7)10(14-15-11)8-5-3-2-4-6-8/h8H,2-6,13H2,1H3. The van der Waals surface area contributed by atoms with Crippen molar-refractivity contribution in [3.8, 4) is 0 Å². The molecule has 0 spiro atoms. The van der Waals surface area contributed by atoms with Crippen molar-refractivity contribution >= 4 is 27.3 Å². The number of aromatic nitrogens is 1. The Bertz CT molecular complexity index is 508. The third kappa shape index (κ3) is 1.44. The van der Waals surface area contributed by atoms with E-state index in [1.54, 1.807) is 11.3 Å². The second-order valence-corrected chi connectivity index (χ2v) is 5.86. The normalized spacial score (nSPS) is 18.3. The summed E-state index contributed by atoms with van der Waals surface area (Å²) in [5.41, 5.74) is 8.69. The predicted octanol–water partition coefficient (Wildman–Crippen LogP) is 3.83. The maximum Gasteiger partial charge on any atom is 0.201 e. The summed E-state index contributed by atoms with van der Waals surface area (Å²) in [7, 11) is 0. The first kappa shape index (κ1) is 10.1. The minimum Gasteiger partial charge on any atom is -0.395 e. The smallest absolute Gasteiger partial charge is 0.201 e. The first-order valence-corrected chi connectivity index (χ1v) is 6.73. The number of anilines is 1. The summed E-state index contributed by atoms with van der Waals surface area (Å²) < 4.78 is 6.57. The van der Waals surface area contributed by atoms with Gasteiger partial charge in [-0.15, -0.1) is 11.3 Å². The molecule has 3 nitrogen and oxygen atoms in total. The van der Waals surface area contributed by atoms with Gasteiger partial charge in [0.15, 0.2) is 0 Å². The molecule has 16 heavy (non-hydrogen) atoms. The molecular formula is C12H16N2OS. The molecule has 2 heterocycles. The summed E-state index contributed by atoms with van der Waals surface area (Å²) in [6, 6.07) is 0. The molecule has 1 saturated carbocycles. The fraction of sp³-hybridized carbons (Fsp3) is 0.583. The highest BCUT2D eigenvalue weighted by Crippen LogP contribution is 2.41. The molecule has 2 N–H and O–H groups in total. The SMILES string of the molecule is Cc1sc2c(C3CCCCC3)noc2c1N. The van der Waals surface area contributed by atoms with Gasteiger partial charge in [-0.2, -0.15) is 0 Å². The van der Waals surface area contributed by atoms with Crippen LogP contribution in [0.3, 0.4) is 0 Å². The number of aryl methyl sites for hydroxylation is 1. The topological polar surface area (TPSA) is 52.0 Å². The van der Waals surface area contributed by atoms with Crippen LogP contribution < -0.4 is 5.73 Å². The lowest BCUT2D eigenvalue weighted by molar-refractivity contribution is 0.396. The van der Waals surface area contributed by atoms with Crippen LogP contribution in [-0.4, -0.2) is 5.16 Å². The maximum atomic E-state index is 5.96. The molecule has 1 aliphatic rings. The van der Waals surface area contributed by atoms with E-state index < -0.39 is 0 Å². The summed E-state index contributed by atoms with van der Waals surface area (Å²) in [6.45, 7) is 2.04. The molecule has 0 aliphatic heterocycles. The monoisotopic (exact) mass is 236 g/mol. The highest BCUT2D eigenvalue weighted by atomic mass is 32.1. The average Bonchev–Trinajstić information content (AvgIpc) is 2.83. The summed E-state index contributed by atoms with van der Waals surface area (Å²) in [5, 5.41) is 4.24.